The summed E-state index contributed by atoms with van der Waals surface area (Å²) in [6, 6.07) is 10.4. The van der Waals surface area contributed by atoms with Gasteiger partial charge in [0.2, 0.25) is 0 Å². The van der Waals surface area contributed by atoms with Gasteiger partial charge in [-0.15, -0.1) is 0 Å². The fraction of sp³-hybridized carbons (Fsp3) is 0.375. The number of methoxy groups -OCH3 is 1. The number of nitrogens with zero attached hydrogens (tertiary/aromatic N) is 3. The van der Waals surface area contributed by atoms with E-state index in [0.717, 1.165) is 22.3 Å². The van der Waals surface area contributed by atoms with Gasteiger partial charge in [-0.05, 0) is 26.0 Å². The largest absolute Gasteiger partial charge is 0.496 e. The molecule has 20 heavy (non-hydrogen) atoms. The third-order valence-electron chi connectivity index (χ3n) is 3.32. The van der Waals surface area contributed by atoms with Crippen molar-refractivity contribution in [2.24, 2.45) is 0 Å². The number of ether oxygens (including phenoxy) is 1. The molecule has 2 aromatic rings. The third-order valence-corrected chi connectivity index (χ3v) is 3.32. The molecular formula is C16H19N3O. The molecule has 0 spiro atoms. The Bertz CT molecular complexity index is 631. The highest BCUT2D eigenvalue weighted by Crippen LogP contribution is 2.31. The summed E-state index contributed by atoms with van der Waals surface area (Å²) in [4.78, 5) is 6.68. The second kappa shape index (κ2) is 6.25. The predicted octanol–water partition coefficient (Wildman–Crippen LogP) is 3.37. The summed E-state index contributed by atoms with van der Waals surface area (Å²) in [5.41, 5.74) is 0. The fourth-order valence-corrected chi connectivity index (χ4v) is 2.35. The van der Waals surface area contributed by atoms with Gasteiger partial charge in [0.1, 0.15) is 11.6 Å². The van der Waals surface area contributed by atoms with Crippen LogP contribution in [-0.2, 0) is 0 Å². The van der Waals surface area contributed by atoms with Gasteiger partial charge in [0, 0.05) is 29.6 Å². The molecule has 4 nitrogen and oxygen atoms in total. The van der Waals surface area contributed by atoms with E-state index in [-0.39, 0.29) is 6.04 Å². The first-order valence-electron chi connectivity index (χ1n) is 6.74. The molecule has 0 aliphatic rings. The first-order chi connectivity index (χ1) is 9.69. The lowest BCUT2D eigenvalue weighted by atomic mass is 10.1. The lowest BCUT2D eigenvalue weighted by Gasteiger charge is -2.28. The van der Waals surface area contributed by atoms with Gasteiger partial charge < -0.3 is 9.64 Å². The van der Waals surface area contributed by atoms with Crippen molar-refractivity contribution in [1.82, 2.24) is 4.98 Å². The highest BCUT2D eigenvalue weighted by molar-refractivity contribution is 5.96. The van der Waals surface area contributed by atoms with E-state index in [1.54, 1.807) is 13.3 Å². The summed E-state index contributed by atoms with van der Waals surface area (Å²) in [6.07, 6.45) is 2.28. The normalized spacial score (nSPS) is 10.6. The highest BCUT2D eigenvalue weighted by Gasteiger charge is 2.15. The first kappa shape index (κ1) is 14.1. The van der Waals surface area contributed by atoms with Crippen LogP contribution < -0.4 is 9.64 Å². The maximum absolute atomic E-state index is 8.82. The average Bonchev–Trinajstić information content (AvgIpc) is 2.46. The zero-order chi connectivity index (χ0) is 14.5. The van der Waals surface area contributed by atoms with E-state index in [9.17, 15) is 0 Å². The van der Waals surface area contributed by atoms with Gasteiger partial charge >= 0.3 is 0 Å². The van der Waals surface area contributed by atoms with Gasteiger partial charge in [-0.3, -0.25) is 0 Å². The van der Waals surface area contributed by atoms with Crippen molar-refractivity contribution in [3.63, 3.8) is 0 Å². The predicted molar refractivity (Wildman–Crippen MR) is 81.0 cm³/mol. The number of hydrogen-bond acceptors (Lipinski definition) is 4. The Morgan fingerprint density at radius 1 is 1.30 bits per heavy atom. The number of hydrogen-bond donors (Lipinski definition) is 0. The summed E-state index contributed by atoms with van der Waals surface area (Å²) >= 11 is 0. The van der Waals surface area contributed by atoms with E-state index >= 15 is 0 Å². The van der Waals surface area contributed by atoms with E-state index in [2.05, 4.69) is 29.8 Å². The van der Waals surface area contributed by atoms with Crippen molar-refractivity contribution in [3.8, 4) is 11.8 Å². The zero-order valence-corrected chi connectivity index (χ0v) is 12.1. The number of fused-ring (bicyclic) bond motifs is 1. The topological polar surface area (TPSA) is 49.1 Å². The molecule has 0 saturated carbocycles. The molecule has 0 aliphatic carbocycles. The Morgan fingerprint density at radius 2 is 2.10 bits per heavy atom. The number of nitriles is 1. The van der Waals surface area contributed by atoms with Crippen LogP contribution in [0.1, 0.15) is 20.3 Å². The third kappa shape index (κ3) is 2.67. The summed E-state index contributed by atoms with van der Waals surface area (Å²) < 4.78 is 5.41. The minimum Gasteiger partial charge on any atom is -0.496 e. The summed E-state index contributed by atoms with van der Waals surface area (Å²) in [5, 5.41) is 10.9. The van der Waals surface area contributed by atoms with Crippen molar-refractivity contribution >= 4 is 16.6 Å². The Balaban J connectivity index is 2.55. The van der Waals surface area contributed by atoms with E-state index in [1.807, 2.05) is 24.3 Å². The van der Waals surface area contributed by atoms with Crippen LogP contribution in [-0.4, -0.2) is 24.7 Å². The minimum absolute atomic E-state index is 0.285. The van der Waals surface area contributed by atoms with Crippen molar-refractivity contribution in [2.45, 2.75) is 26.3 Å². The standard InChI is InChI=1S/C16H19N3O/c1-12(2)19(11-5-9-17)16-14-6-4-7-15(20-3)13(14)8-10-18-16/h4,6-8,10,12H,5,11H2,1-3H3. The van der Waals surface area contributed by atoms with Crippen LogP contribution in [0, 0.1) is 11.3 Å². The van der Waals surface area contributed by atoms with Crippen LogP contribution in [0.4, 0.5) is 5.82 Å². The molecule has 0 atom stereocenters. The second-order valence-electron chi connectivity index (χ2n) is 4.89. The molecule has 0 saturated heterocycles. The van der Waals surface area contributed by atoms with Crippen LogP contribution in [0.3, 0.4) is 0 Å². The van der Waals surface area contributed by atoms with Crippen LogP contribution in [0.15, 0.2) is 30.5 Å². The number of aromatic nitrogens is 1. The molecule has 1 heterocycles. The molecule has 0 unspecified atom stereocenters. The summed E-state index contributed by atoms with van der Waals surface area (Å²) in [6.45, 7) is 4.90. The number of benzene rings is 1. The lowest BCUT2D eigenvalue weighted by Crippen LogP contribution is -2.32. The van der Waals surface area contributed by atoms with Crippen molar-refractivity contribution in [3.05, 3.63) is 30.5 Å². The smallest absolute Gasteiger partial charge is 0.136 e. The number of anilines is 1. The van der Waals surface area contributed by atoms with E-state index in [0.29, 0.717) is 13.0 Å². The Labute approximate surface area is 119 Å². The van der Waals surface area contributed by atoms with Crippen LogP contribution in [0.2, 0.25) is 0 Å². The van der Waals surface area contributed by atoms with E-state index in [4.69, 9.17) is 10.00 Å². The van der Waals surface area contributed by atoms with Crippen molar-refractivity contribution in [1.29, 1.82) is 5.26 Å². The average molecular weight is 269 g/mol. The van der Waals surface area contributed by atoms with E-state index < -0.39 is 0 Å². The molecule has 0 aliphatic heterocycles. The van der Waals surface area contributed by atoms with Gasteiger partial charge in [0.25, 0.3) is 0 Å². The summed E-state index contributed by atoms with van der Waals surface area (Å²) in [7, 11) is 1.67. The lowest BCUT2D eigenvalue weighted by molar-refractivity contribution is 0.420. The van der Waals surface area contributed by atoms with Gasteiger partial charge in [-0.2, -0.15) is 5.26 Å². The van der Waals surface area contributed by atoms with Gasteiger partial charge in [-0.25, -0.2) is 4.98 Å². The molecule has 0 bridgehead atoms. The molecule has 0 fully saturated rings. The molecule has 1 aromatic heterocycles. The zero-order valence-electron chi connectivity index (χ0n) is 12.1. The molecule has 0 amide bonds. The van der Waals surface area contributed by atoms with Crippen molar-refractivity contribution < 1.29 is 4.74 Å². The van der Waals surface area contributed by atoms with Crippen LogP contribution in [0.25, 0.3) is 10.8 Å². The Hall–Kier alpha value is -2.28. The SMILES string of the molecule is COc1cccc2c(N(CCC#N)C(C)C)nccc12. The van der Waals surface area contributed by atoms with Gasteiger partial charge in [-0.1, -0.05) is 12.1 Å². The molecule has 0 N–H and O–H groups in total. The second-order valence-corrected chi connectivity index (χ2v) is 4.89. The monoisotopic (exact) mass is 269 g/mol. The molecule has 1 aromatic carbocycles. The molecule has 0 radical (unpaired) electrons. The molecular weight excluding hydrogens is 250 g/mol. The number of rotatable bonds is 5. The van der Waals surface area contributed by atoms with Gasteiger partial charge in [0.15, 0.2) is 0 Å². The Kier molecular flexibility index (Phi) is 4.41. The molecule has 104 valence electrons. The summed E-state index contributed by atoms with van der Waals surface area (Å²) in [5.74, 6) is 1.75. The minimum atomic E-state index is 0.285. The maximum atomic E-state index is 8.82. The van der Waals surface area contributed by atoms with E-state index in [1.165, 1.54) is 0 Å². The Morgan fingerprint density at radius 3 is 2.75 bits per heavy atom. The first-order valence-corrected chi connectivity index (χ1v) is 6.74. The maximum Gasteiger partial charge on any atom is 0.136 e. The molecule has 2 rings (SSSR count). The molecule has 4 heteroatoms. The number of pyridine rings is 1. The van der Waals surface area contributed by atoms with Crippen LogP contribution >= 0.6 is 0 Å². The fourth-order valence-electron chi connectivity index (χ4n) is 2.35. The van der Waals surface area contributed by atoms with Gasteiger partial charge in [0.05, 0.1) is 19.6 Å². The van der Waals surface area contributed by atoms with Crippen molar-refractivity contribution in [2.75, 3.05) is 18.6 Å². The highest BCUT2D eigenvalue weighted by atomic mass is 16.5. The quantitative estimate of drug-likeness (QED) is 0.835. The van der Waals surface area contributed by atoms with Crippen LogP contribution in [0.5, 0.6) is 5.75 Å².